The van der Waals surface area contributed by atoms with Gasteiger partial charge in [0.2, 0.25) is 0 Å². The molecule has 0 radical (unpaired) electrons. The van der Waals surface area contributed by atoms with Gasteiger partial charge in [-0.25, -0.2) is 9.78 Å². The molecule has 1 heterocycles. The average Bonchev–Trinajstić information content (AvgIpc) is 2.71. The molecule has 0 aliphatic rings. The van der Waals surface area contributed by atoms with E-state index in [2.05, 4.69) is 10.3 Å². The van der Waals surface area contributed by atoms with Crippen LogP contribution < -0.4 is 10.1 Å². The van der Waals surface area contributed by atoms with Crippen LogP contribution in [-0.2, 0) is 9.53 Å². The second kappa shape index (κ2) is 10.1. The summed E-state index contributed by atoms with van der Waals surface area (Å²) in [5.74, 6) is -1.71. The van der Waals surface area contributed by atoms with Gasteiger partial charge in [-0.05, 0) is 30.9 Å². The number of aromatic nitrogens is 1. The van der Waals surface area contributed by atoms with Gasteiger partial charge in [0, 0.05) is 18.2 Å². The number of carbonyl (C=O) groups is 2. The molecule has 2 rings (SSSR count). The van der Waals surface area contributed by atoms with Crippen LogP contribution >= 0.6 is 0 Å². The number of hydrogen-bond acceptors (Lipinski definition) is 6. The summed E-state index contributed by atoms with van der Waals surface area (Å²) in [6, 6.07) is 8.51. The van der Waals surface area contributed by atoms with Gasteiger partial charge in [0.15, 0.2) is 17.2 Å². The van der Waals surface area contributed by atoms with Gasteiger partial charge in [0.05, 0.1) is 7.11 Å². The van der Waals surface area contributed by atoms with Gasteiger partial charge in [-0.3, -0.25) is 4.79 Å². The maximum Gasteiger partial charge on any atom is 0.329 e. The molecule has 0 unspecified atom stereocenters. The molecule has 7 nitrogen and oxygen atoms in total. The third-order valence-electron chi connectivity index (χ3n) is 5.21. The van der Waals surface area contributed by atoms with Crippen LogP contribution in [0.25, 0.3) is 0 Å². The highest BCUT2D eigenvalue weighted by atomic mass is 16.5. The summed E-state index contributed by atoms with van der Waals surface area (Å²) >= 11 is 0. The number of nitrogens with zero attached hydrogens (tertiary/aromatic N) is 1. The first-order chi connectivity index (χ1) is 14.2. The SMILES string of the molecule is COc1ccnc(C(=O)N[C@H](C(=O)O[C@@H](C)[C@H](C)c2ccccc2C)C(C)C)c1O. The minimum atomic E-state index is -0.892. The van der Waals surface area contributed by atoms with Crippen molar-refractivity contribution in [3.8, 4) is 11.5 Å². The van der Waals surface area contributed by atoms with Gasteiger partial charge in [-0.2, -0.15) is 0 Å². The number of esters is 1. The Kier molecular flexibility index (Phi) is 7.80. The van der Waals surface area contributed by atoms with Crippen molar-refractivity contribution < 1.29 is 24.2 Å². The Bertz CT molecular complexity index is 897. The Hall–Kier alpha value is -3.09. The van der Waals surface area contributed by atoms with Crippen LogP contribution in [0.5, 0.6) is 11.5 Å². The molecule has 3 atom stereocenters. The smallest absolute Gasteiger partial charge is 0.329 e. The zero-order valence-corrected chi connectivity index (χ0v) is 18.3. The number of aromatic hydroxyl groups is 1. The molecule has 0 saturated heterocycles. The average molecular weight is 415 g/mol. The zero-order valence-electron chi connectivity index (χ0n) is 18.3. The van der Waals surface area contributed by atoms with E-state index >= 15 is 0 Å². The molecule has 0 saturated carbocycles. The number of benzene rings is 1. The molecule has 2 aromatic rings. The number of amides is 1. The quantitative estimate of drug-likeness (QED) is 0.641. The molecular formula is C23H30N2O5. The molecular weight excluding hydrogens is 384 g/mol. The summed E-state index contributed by atoms with van der Waals surface area (Å²) in [5, 5.41) is 12.8. The molecule has 0 bridgehead atoms. The number of aryl methyl sites for hydroxylation is 1. The van der Waals surface area contributed by atoms with E-state index in [-0.39, 0.29) is 35.1 Å². The van der Waals surface area contributed by atoms with Gasteiger partial charge in [-0.1, -0.05) is 45.0 Å². The topological polar surface area (TPSA) is 97.8 Å². The predicted octanol–water partition coefficient (Wildman–Crippen LogP) is 3.59. The third-order valence-corrected chi connectivity index (χ3v) is 5.21. The Morgan fingerprint density at radius 1 is 1.10 bits per heavy atom. The van der Waals surface area contributed by atoms with E-state index in [9.17, 15) is 14.7 Å². The lowest BCUT2D eigenvalue weighted by molar-refractivity contribution is -0.152. The predicted molar refractivity (Wildman–Crippen MR) is 114 cm³/mol. The van der Waals surface area contributed by atoms with Crippen molar-refractivity contribution in [1.82, 2.24) is 10.3 Å². The molecule has 0 fully saturated rings. The lowest BCUT2D eigenvalue weighted by atomic mass is 9.92. The lowest BCUT2D eigenvalue weighted by Crippen LogP contribution is -2.46. The van der Waals surface area contributed by atoms with Crippen LogP contribution in [0, 0.1) is 12.8 Å². The fourth-order valence-electron chi connectivity index (χ4n) is 3.18. The van der Waals surface area contributed by atoms with Crippen LogP contribution in [0.15, 0.2) is 36.5 Å². The number of pyridine rings is 1. The highest BCUT2D eigenvalue weighted by molar-refractivity contribution is 5.98. The Labute approximate surface area is 177 Å². The standard InChI is InChI=1S/C23H30N2O5/c1-13(2)19(25-22(27)20-21(26)18(29-6)11-12-24-20)23(28)30-16(5)15(4)17-10-8-7-9-14(17)3/h7-13,15-16,19,26H,1-6H3,(H,25,27)/t15-,16-,19-/m0/s1. The van der Waals surface area contributed by atoms with Crippen molar-refractivity contribution in [2.24, 2.45) is 5.92 Å². The van der Waals surface area contributed by atoms with E-state index in [1.807, 2.05) is 45.0 Å². The van der Waals surface area contributed by atoms with Crippen molar-refractivity contribution >= 4 is 11.9 Å². The first kappa shape index (κ1) is 23.2. The number of rotatable bonds is 8. The maximum absolute atomic E-state index is 12.8. The number of hydrogen-bond donors (Lipinski definition) is 2. The fraction of sp³-hybridized carbons (Fsp3) is 0.435. The van der Waals surface area contributed by atoms with Crippen LogP contribution in [0.4, 0.5) is 0 Å². The van der Waals surface area contributed by atoms with Crippen LogP contribution in [0.3, 0.4) is 0 Å². The minimum absolute atomic E-state index is 0.0113. The second-order valence-electron chi connectivity index (χ2n) is 7.69. The lowest BCUT2D eigenvalue weighted by Gasteiger charge is -2.26. The largest absolute Gasteiger partial charge is 0.503 e. The second-order valence-corrected chi connectivity index (χ2v) is 7.69. The molecule has 1 amide bonds. The molecule has 0 aliphatic heterocycles. The zero-order chi connectivity index (χ0) is 22.4. The Balaban J connectivity index is 2.13. The van der Waals surface area contributed by atoms with E-state index in [1.165, 1.54) is 19.4 Å². The molecule has 1 aromatic carbocycles. The highest BCUT2D eigenvalue weighted by Gasteiger charge is 2.30. The maximum atomic E-state index is 12.8. The number of ether oxygens (including phenoxy) is 2. The van der Waals surface area contributed by atoms with E-state index in [0.29, 0.717) is 0 Å². The summed E-state index contributed by atoms with van der Waals surface area (Å²) in [5.41, 5.74) is 2.02. The van der Waals surface area contributed by atoms with Crippen molar-refractivity contribution in [3.05, 3.63) is 53.3 Å². The highest BCUT2D eigenvalue weighted by Crippen LogP contribution is 2.28. The van der Waals surface area contributed by atoms with E-state index < -0.39 is 17.9 Å². The molecule has 0 aliphatic carbocycles. The van der Waals surface area contributed by atoms with Crippen molar-refractivity contribution in [3.63, 3.8) is 0 Å². The van der Waals surface area contributed by atoms with Gasteiger partial charge < -0.3 is 19.9 Å². The monoisotopic (exact) mass is 414 g/mol. The minimum Gasteiger partial charge on any atom is -0.503 e. The number of carbonyl (C=O) groups excluding carboxylic acids is 2. The molecule has 2 N–H and O–H groups in total. The van der Waals surface area contributed by atoms with Gasteiger partial charge in [0.1, 0.15) is 12.1 Å². The van der Waals surface area contributed by atoms with Crippen LogP contribution in [-0.4, -0.2) is 41.2 Å². The van der Waals surface area contributed by atoms with Crippen molar-refractivity contribution in [1.29, 1.82) is 0 Å². The molecule has 162 valence electrons. The van der Waals surface area contributed by atoms with Gasteiger partial charge in [0.25, 0.3) is 5.91 Å². The van der Waals surface area contributed by atoms with Crippen molar-refractivity contribution in [2.75, 3.05) is 7.11 Å². The van der Waals surface area contributed by atoms with E-state index in [1.54, 1.807) is 13.8 Å². The summed E-state index contributed by atoms with van der Waals surface area (Å²) in [4.78, 5) is 29.4. The first-order valence-corrected chi connectivity index (χ1v) is 9.96. The Morgan fingerprint density at radius 3 is 2.37 bits per heavy atom. The number of nitrogens with one attached hydrogen (secondary N) is 1. The summed E-state index contributed by atoms with van der Waals surface area (Å²) in [6.07, 6.45) is 0.961. The van der Waals surface area contributed by atoms with Gasteiger partial charge >= 0.3 is 5.97 Å². The van der Waals surface area contributed by atoms with Crippen LogP contribution in [0.2, 0.25) is 0 Å². The van der Waals surface area contributed by atoms with Crippen molar-refractivity contribution in [2.45, 2.75) is 52.7 Å². The third kappa shape index (κ3) is 5.28. The van der Waals surface area contributed by atoms with Crippen LogP contribution in [0.1, 0.15) is 55.2 Å². The van der Waals surface area contributed by atoms with E-state index in [0.717, 1.165) is 11.1 Å². The molecule has 7 heteroatoms. The van der Waals surface area contributed by atoms with Gasteiger partial charge in [-0.15, -0.1) is 0 Å². The molecule has 1 aromatic heterocycles. The first-order valence-electron chi connectivity index (χ1n) is 9.96. The number of methoxy groups -OCH3 is 1. The van der Waals surface area contributed by atoms with E-state index in [4.69, 9.17) is 9.47 Å². The molecule has 30 heavy (non-hydrogen) atoms. The normalized spacial score (nSPS) is 14.0. The summed E-state index contributed by atoms with van der Waals surface area (Å²) in [7, 11) is 1.38. The summed E-state index contributed by atoms with van der Waals surface area (Å²) in [6.45, 7) is 9.47. The fourth-order valence-corrected chi connectivity index (χ4v) is 3.18. The Morgan fingerprint density at radius 2 is 1.77 bits per heavy atom. The summed E-state index contributed by atoms with van der Waals surface area (Å²) < 4.78 is 10.7. The molecule has 0 spiro atoms.